The molecular weight excluding hydrogens is 747 g/mol. The first kappa shape index (κ1) is 35.2. The number of para-hydroxylation sites is 1. The van der Waals surface area contributed by atoms with Crippen LogP contribution in [0.15, 0.2) is 188 Å². The molecule has 1 nitrogen and oxygen atoms in total. The van der Waals surface area contributed by atoms with E-state index in [1.165, 1.54) is 110 Å². The van der Waals surface area contributed by atoms with Gasteiger partial charge >= 0.3 is 0 Å². The Labute approximate surface area is 365 Å². The summed E-state index contributed by atoms with van der Waals surface area (Å²) >= 11 is 0. The van der Waals surface area contributed by atoms with Crippen LogP contribution in [0, 0.1) is 29.1 Å². The van der Waals surface area contributed by atoms with Gasteiger partial charge in [-0.05, 0) is 163 Å². The minimum Gasteiger partial charge on any atom is -0.310 e. The topological polar surface area (TPSA) is 3.24 Å². The third kappa shape index (κ3) is 4.39. The van der Waals surface area contributed by atoms with Crippen LogP contribution in [0.5, 0.6) is 0 Å². The van der Waals surface area contributed by atoms with E-state index in [2.05, 4.69) is 207 Å². The number of nitrogens with zero attached hydrogens (tertiary/aromatic N) is 1. The molecule has 0 aliphatic heterocycles. The Morgan fingerprint density at radius 1 is 0.403 bits per heavy atom. The van der Waals surface area contributed by atoms with Crippen molar-refractivity contribution >= 4 is 17.1 Å². The van der Waals surface area contributed by atoms with Crippen molar-refractivity contribution in [3.05, 3.63) is 210 Å². The van der Waals surface area contributed by atoms with Gasteiger partial charge in [-0.2, -0.15) is 0 Å². The SMILES string of the molecule is CC1(C)c2ccccc2-c2ccc(N(c3ccc4c(c3)-c3ccc(-c5ccccc5)cc3C43C4CC5CC6CC3C64C5)c3ccccc3-c3ccc(-c4ccccc4)cc3)cc21. The third-order valence-corrected chi connectivity index (χ3v) is 17.3. The van der Waals surface area contributed by atoms with E-state index in [0.717, 1.165) is 23.7 Å². The summed E-state index contributed by atoms with van der Waals surface area (Å²) in [7, 11) is 0. The molecule has 0 amide bonds. The lowest BCUT2D eigenvalue weighted by atomic mass is 9.27. The van der Waals surface area contributed by atoms with Crippen LogP contribution in [0.4, 0.5) is 17.1 Å². The maximum Gasteiger partial charge on any atom is 0.0540 e. The smallest absolute Gasteiger partial charge is 0.0540 e. The van der Waals surface area contributed by atoms with Crippen molar-refractivity contribution in [2.75, 3.05) is 4.90 Å². The van der Waals surface area contributed by atoms with Gasteiger partial charge in [-0.3, -0.25) is 0 Å². The standard InChI is InChI=1S/C61H49N/c1-59(2)52-19-11-9-18-48(52)49-29-26-46(36-54(49)59)62(56-20-12-10-17-47(56)42-23-21-41(22-24-42)39-13-5-3-6-14-39)45-27-30-53-51(35-45)50-28-25-43(40-15-7-4-8-16-40)33-55(50)61(53)57-32-38-31-44-34-58(61)60(44,57)37-38/h3-30,33,35-36,38,44,57-58H,31-32,34,37H2,1-2H3. The number of benzene rings is 8. The summed E-state index contributed by atoms with van der Waals surface area (Å²) in [5.41, 5.74) is 23.4. The predicted molar refractivity (Wildman–Crippen MR) is 256 cm³/mol. The number of anilines is 3. The average Bonchev–Trinajstić information content (AvgIpc) is 4.02. The first-order chi connectivity index (χ1) is 30.4. The molecule has 6 atom stereocenters. The van der Waals surface area contributed by atoms with Crippen LogP contribution in [-0.4, -0.2) is 0 Å². The van der Waals surface area contributed by atoms with Crippen LogP contribution in [-0.2, 0) is 10.8 Å². The summed E-state index contributed by atoms with van der Waals surface area (Å²) in [6.45, 7) is 4.80. The third-order valence-electron chi connectivity index (χ3n) is 17.3. The molecule has 0 saturated heterocycles. The maximum atomic E-state index is 2.63. The van der Waals surface area contributed by atoms with Gasteiger partial charge < -0.3 is 4.90 Å². The molecule has 0 aromatic heterocycles. The highest BCUT2D eigenvalue weighted by Crippen LogP contribution is 2.89. The van der Waals surface area contributed by atoms with Crippen LogP contribution in [0.25, 0.3) is 55.6 Å². The minimum atomic E-state index is -0.110. The van der Waals surface area contributed by atoms with Crippen molar-refractivity contribution in [2.45, 2.75) is 50.4 Å². The van der Waals surface area contributed by atoms with Gasteiger partial charge in [0, 0.05) is 27.8 Å². The van der Waals surface area contributed by atoms with E-state index in [1.54, 1.807) is 11.1 Å². The molecule has 6 unspecified atom stereocenters. The van der Waals surface area contributed by atoms with Crippen LogP contribution < -0.4 is 4.90 Å². The summed E-state index contributed by atoms with van der Waals surface area (Å²) in [5.74, 6) is 3.38. The van der Waals surface area contributed by atoms with Crippen molar-refractivity contribution in [1.82, 2.24) is 0 Å². The fraction of sp³-hybridized carbons (Fsp3) is 0.213. The summed E-state index contributed by atoms with van der Waals surface area (Å²) < 4.78 is 0. The van der Waals surface area contributed by atoms with Gasteiger partial charge in [0.1, 0.15) is 0 Å². The molecule has 4 saturated carbocycles. The number of hydrogen-bond donors (Lipinski definition) is 0. The molecule has 4 fully saturated rings. The van der Waals surface area contributed by atoms with Gasteiger partial charge in [0.25, 0.3) is 0 Å². The van der Waals surface area contributed by atoms with Gasteiger partial charge in [0.2, 0.25) is 0 Å². The number of hydrogen-bond acceptors (Lipinski definition) is 1. The molecule has 14 rings (SSSR count). The second-order valence-electron chi connectivity index (χ2n) is 20.1. The van der Waals surface area contributed by atoms with E-state index in [4.69, 9.17) is 0 Å². The number of rotatable bonds is 6. The Kier molecular flexibility index (Phi) is 7.01. The van der Waals surface area contributed by atoms with E-state index >= 15 is 0 Å². The zero-order chi connectivity index (χ0) is 41.0. The molecule has 0 heterocycles. The summed E-state index contributed by atoms with van der Waals surface area (Å²) in [4.78, 5) is 2.57. The molecule has 6 aliphatic carbocycles. The molecule has 8 aromatic carbocycles. The van der Waals surface area contributed by atoms with Crippen LogP contribution in [0.1, 0.15) is 61.8 Å². The zero-order valence-electron chi connectivity index (χ0n) is 35.5. The van der Waals surface area contributed by atoms with Crippen molar-refractivity contribution in [2.24, 2.45) is 29.1 Å². The Morgan fingerprint density at radius 2 is 0.984 bits per heavy atom. The van der Waals surface area contributed by atoms with E-state index in [1.807, 2.05) is 0 Å². The van der Waals surface area contributed by atoms with Crippen molar-refractivity contribution < 1.29 is 0 Å². The highest BCUT2D eigenvalue weighted by molar-refractivity contribution is 5.94. The predicted octanol–water partition coefficient (Wildman–Crippen LogP) is 15.8. The fourth-order valence-electron chi connectivity index (χ4n) is 15.0. The molecule has 2 spiro atoms. The van der Waals surface area contributed by atoms with Gasteiger partial charge in [-0.15, -0.1) is 0 Å². The lowest BCUT2D eigenvalue weighted by Crippen LogP contribution is -2.73. The second-order valence-corrected chi connectivity index (χ2v) is 20.1. The maximum absolute atomic E-state index is 2.63. The van der Waals surface area contributed by atoms with Gasteiger partial charge in [0.15, 0.2) is 0 Å². The first-order valence-corrected chi connectivity index (χ1v) is 23.1. The molecule has 0 radical (unpaired) electrons. The minimum absolute atomic E-state index is 0.110. The highest BCUT2D eigenvalue weighted by atomic mass is 15.1. The van der Waals surface area contributed by atoms with Gasteiger partial charge in [-0.1, -0.05) is 166 Å². The van der Waals surface area contributed by atoms with Gasteiger partial charge in [-0.25, -0.2) is 0 Å². The van der Waals surface area contributed by atoms with Gasteiger partial charge in [0.05, 0.1) is 5.69 Å². The van der Waals surface area contributed by atoms with Crippen molar-refractivity contribution in [1.29, 1.82) is 0 Å². The monoisotopic (exact) mass is 795 g/mol. The molecule has 8 aromatic rings. The lowest BCUT2D eigenvalue weighted by molar-refractivity contribution is -0.231. The summed E-state index contributed by atoms with van der Waals surface area (Å²) in [6.07, 6.45) is 5.77. The molecule has 0 N–H and O–H groups in total. The lowest BCUT2D eigenvalue weighted by Gasteiger charge is -2.76. The van der Waals surface area contributed by atoms with E-state index < -0.39 is 0 Å². The Morgan fingerprint density at radius 3 is 1.77 bits per heavy atom. The van der Waals surface area contributed by atoms with E-state index in [9.17, 15) is 0 Å². The Bertz CT molecular complexity index is 3140. The van der Waals surface area contributed by atoms with Crippen molar-refractivity contribution in [3.63, 3.8) is 0 Å². The highest BCUT2D eigenvalue weighted by Gasteiger charge is 2.84. The largest absolute Gasteiger partial charge is 0.310 e. The normalized spacial score (nSPS) is 25.6. The van der Waals surface area contributed by atoms with Crippen LogP contribution >= 0.6 is 0 Å². The Balaban J connectivity index is 0.965. The first-order valence-electron chi connectivity index (χ1n) is 23.1. The van der Waals surface area contributed by atoms with E-state index in [0.29, 0.717) is 5.41 Å². The summed E-state index contributed by atoms with van der Waals surface area (Å²) in [6, 6.07) is 71.5. The van der Waals surface area contributed by atoms with E-state index in [-0.39, 0.29) is 10.8 Å². The van der Waals surface area contributed by atoms with Crippen LogP contribution in [0.2, 0.25) is 0 Å². The molecule has 2 bridgehead atoms. The van der Waals surface area contributed by atoms with Crippen molar-refractivity contribution in [3.8, 4) is 55.6 Å². The molecule has 62 heavy (non-hydrogen) atoms. The number of fused-ring (bicyclic) bond motifs is 11. The Hall–Kier alpha value is -6.44. The molecular formula is C61H49N. The molecule has 298 valence electrons. The summed E-state index contributed by atoms with van der Waals surface area (Å²) in [5, 5.41) is 0. The quantitative estimate of drug-likeness (QED) is 0.162. The molecule has 6 aliphatic rings. The fourth-order valence-corrected chi connectivity index (χ4v) is 15.0. The molecule has 1 heteroatoms. The zero-order valence-corrected chi connectivity index (χ0v) is 35.5. The second kappa shape index (κ2) is 12.4. The average molecular weight is 796 g/mol. The van der Waals surface area contributed by atoms with Crippen LogP contribution in [0.3, 0.4) is 0 Å².